The average Bonchev–Trinajstić information content (AvgIpc) is 2.93. The number of esters is 1. The first-order valence-corrected chi connectivity index (χ1v) is 16.3. The maximum atomic E-state index is 13.9. The van der Waals surface area contributed by atoms with Crippen LogP contribution in [0, 0.1) is 35.0 Å². The van der Waals surface area contributed by atoms with Crippen LogP contribution in [0.15, 0.2) is 0 Å². The van der Waals surface area contributed by atoms with Gasteiger partial charge in [0.25, 0.3) is 0 Å². The predicted molar refractivity (Wildman–Crippen MR) is 167 cm³/mol. The molecule has 2 heterocycles. The zero-order valence-corrected chi connectivity index (χ0v) is 29.7. The van der Waals surface area contributed by atoms with Crippen molar-refractivity contribution >= 4 is 11.8 Å². The van der Waals surface area contributed by atoms with Crippen molar-refractivity contribution in [3.05, 3.63) is 0 Å². The molecule has 2 rings (SSSR count). The number of ether oxygens (including phenoxy) is 5. The Morgan fingerprint density at radius 2 is 1.43 bits per heavy atom. The number of cyclic esters (lactones) is 1. The van der Waals surface area contributed by atoms with E-state index >= 15 is 0 Å². The molecule has 0 aromatic heterocycles. The van der Waals surface area contributed by atoms with Crippen molar-refractivity contribution < 1.29 is 48.6 Å². The third-order valence-corrected chi connectivity index (χ3v) is 10.7. The molecule has 0 radical (unpaired) electrons. The lowest BCUT2D eigenvalue weighted by molar-refractivity contribution is -0.300. The summed E-state index contributed by atoms with van der Waals surface area (Å²) < 4.78 is 30.8. The molecule has 0 unspecified atom stereocenters. The van der Waals surface area contributed by atoms with Crippen molar-refractivity contribution in [2.45, 2.75) is 156 Å². The van der Waals surface area contributed by atoms with Gasteiger partial charge < -0.3 is 39.0 Å². The Morgan fingerprint density at radius 1 is 0.886 bits per heavy atom. The minimum atomic E-state index is -1.89. The lowest BCUT2D eigenvalue weighted by atomic mass is 9.60. The normalized spacial score (nSPS) is 47.2. The highest BCUT2D eigenvalue weighted by Gasteiger charge is 2.54. The predicted octanol–water partition coefficient (Wildman–Crippen LogP) is 4.29. The quantitative estimate of drug-likeness (QED) is 0.377. The highest BCUT2D eigenvalue weighted by molar-refractivity contribution is 5.83. The molecule has 0 amide bonds. The van der Waals surface area contributed by atoms with Gasteiger partial charge in [-0.05, 0) is 64.7 Å². The fourth-order valence-electron chi connectivity index (χ4n) is 8.26. The van der Waals surface area contributed by atoms with Crippen LogP contribution in [0.1, 0.15) is 102 Å². The smallest absolute Gasteiger partial charge is 0.311 e. The maximum Gasteiger partial charge on any atom is 0.311 e. The molecule has 258 valence electrons. The summed E-state index contributed by atoms with van der Waals surface area (Å²) in [6.45, 7) is 22.2. The summed E-state index contributed by atoms with van der Waals surface area (Å²) in [6.07, 6.45) is -4.77. The van der Waals surface area contributed by atoms with Crippen LogP contribution in [0.3, 0.4) is 0 Å². The Bertz CT molecular complexity index is 978. The van der Waals surface area contributed by atoms with E-state index < -0.39 is 77.3 Å². The van der Waals surface area contributed by atoms with E-state index in [4.69, 9.17) is 23.7 Å². The monoisotopic (exact) mass is 630 g/mol. The molecule has 2 fully saturated rings. The van der Waals surface area contributed by atoms with Gasteiger partial charge in [0.15, 0.2) is 6.29 Å². The van der Waals surface area contributed by atoms with Crippen molar-refractivity contribution in [2.24, 2.45) is 35.0 Å². The first-order valence-electron chi connectivity index (χ1n) is 16.3. The van der Waals surface area contributed by atoms with Gasteiger partial charge >= 0.3 is 5.97 Å². The Kier molecular flexibility index (Phi) is 12.7. The third-order valence-electron chi connectivity index (χ3n) is 10.7. The molecule has 0 aromatic carbocycles. The number of ketones is 1. The van der Waals surface area contributed by atoms with E-state index in [0.29, 0.717) is 6.42 Å². The number of hydrogen-bond donors (Lipinski definition) is 3. The number of carbonyl (C=O) groups excluding carboxylic acids is 2. The van der Waals surface area contributed by atoms with E-state index in [0.717, 1.165) is 0 Å². The number of carbonyl (C=O) groups is 2. The van der Waals surface area contributed by atoms with Crippen LogP contribution in [0.2, 0.25) is 0 Å². The fraction of sp³-hybridized carbons (Fsp3) is 0.941. The van der Waals surface area contributed by atoms with Gasteiger partial charge in [-0.3, -0.25) is 9.59 Å². The second-order valence-corrected chi connectivity index (χ2v) is 15.3. The highest BCUT2D eigenvalue weighted by Crippen LogP contribution is 2.48. The number of aliphatic hydroxyl groups is 3. The largest absolute Gasteiger partial charge is 0.459 e. The average molecular weight is 631 g/mol. The molecule has 2 aliphatic heterocycles. The Labute approximate surface area is 265 Å². The van der Waals surface area contributed by atoms with Crippen molar-refractivity contribution in [1.29, 1.82) is 0 Å². The number of Topliss-reactive ketones (excluding diaryl/α,β-unsaturated/α-hetero) is 1. The first kappa shape index (κ1) is 39.0. The van der Waals surface area contributed by atoms with Gasteiger partial charge in [-0.2, -0.15) is 0 Å². The molecular weight excluding hydrogens is 568 g/mol. The molecule has 10 nitrogen and oxygen atoms in total. The minimum Gasteiger partial charge on any atom is -0.459 e. The lowest BCUT2D eigenvalue weighted by Gasteiger charge is -2.52. The van der Waals surface area contributed by atoms with Crippen molar-refractivity contribution in [3.63, 3.8) is 0 Å². The van der Waals surface area contributed by atoms with Gasteiger partial charge in [-0.25, -0.2) is 0 Å². The molecule has 0 aliphatic carbocycles. The van der Waals surface area contributed by atoms with Crippen LogP contribution >= 0.6 is 0 Å². The lowest BCUT2D eigenvalue weighted by Crippen LogP contribution is -2.59. The Hall–Kier alpha value is -1.14. The molecular formula is C34H62O10. The van der Waals surface area contributed by atoms with Crippen molar-refractivity contribution in [3.8, 4) is 0 Å². The Balaban J connectivity index is 2.74. The van der Waals surface area contributed by atoms with E-state index in [9.17, 15) is 24.9 Å². The number of rotatable bonds is 5. The van der Waals surface area contributed by atoms with E-state index in [1.54, 1.807) is 41.7 Å². The summed E-state index contributed by atoms with van der Waals surface area (Å²) in [5, 5.41) is 33.6. The van der Waals surface area contributed by atoms with Crippen LogP contribution in [-0.4, -0.2) is 94.9 Å². The van der Waals surface area contributed by atoms with Crippen molar-refractivity contribution in [2.75, 3.05) is 14.2 Å². The van der Waals surface area contributed by atoms with Crippen LogP contribution < -0.4 is 0 Å². The van der Waals surface area contributed by atoms with Gasteiger partial charge in [0.05, 0.1) is 35.4 Å². The van der Waals surface area contributed by atoms with E-state index in [1.165, 1.54) is 14.0 Å². The zero-order valence-electron chi connectivity index (χ0n) is 29.7. The zero-order chi connectivity index (χ0) is 34.2. The van der Waals surface area contributed by atoms with Crippen LogP contribution in [0.4, 0.5) is 0 Å². The summed E-state index contributed by atoms with van der Waals surface area (Å²) in [5.74, 6) is -3.60. The van der Waals surface area contributed by atoms with E-state index in [-0.39, 0.29) is 35.9 Å². The maximum absolute atomic E-state index is 13.9. The topological polar surface area (TPSA) is 141 Å². The number of hydrogen-bond acceptors (Lipinski definition) is 10. The molecule has 0 aromatic rings. The van der Waals surface area contributed by atoms with Crippen molar-refractivity contribution in [1.82, 2.24) is 0 Å². The second kappa shape index (κ2) is 14.3. The SMILES string of the molecule is CC[C@H]1OC(=O)[C@H](C)[C@@H](O[C@H]2C[C@@](C)(OC)[C@@H](O)[C@H](C)O2)[C@H](C)[C@@H](C(C)(C)C)[C@](C)(OC)C[C@@H](C)C(=O)[C@H](C)[C@@H](O)[C@]1(C)O. The molecule has 2 saturated heterocycles. The number of methoxy groups -OCH3 is 2. The second-order valence-electron chi connectivity index (χ2n) is 15.3. The van der Waals surface area contributed by atoms with Gasteiger partial charge in [0.2, 0.25) is 0 Å². The summed E-state index contributed by atoms with van der Waals surface area (Å²) in [4.78, 5) is 27.7. The first-order chi connectivity index (χ1) is 20.0. The summed E-state index contributed by atoms with van der Waals surface area (Å²) in [6, 6.07) is 0. The third kappa shape index (κ3) is 7.86. The number of aliphatic hydroxyl groups excluding tert-OH is 2. The Morgan fingerprint density at radius 3 is 1.91 bits per heavy atom. The molecule has 2 aliphatic rings. The van der Waals surface area contributed by atoms with Gasteiger partial charge in [0, 0.05) is 32.5 Å². The van der Waals surface area contributed by atoms with Gasteiger partial charge in [-0.15, -0.1) is 0 Å². The molecule has 0 spiro atoms. The molecule has 3 N–H and O–H groups in total. The standard InChI is InChI=1S/C34H62O10/c1-15-23-34(12,39)28(36)19(3)25(35)18(2)16-32(10,40-13)27(31(7,8)9)20(4)26(21(5)30(38)43-23)44-24-17-33(11,41-14)29(37)22(6)42-24/h18-24,26-29,36-37,39H,15-17H2,1-14H3/t18-,19+,20+,21-,22+,23-,24+,26+,27+,28-,29+,32-,33-,34-/m1/s1. The summed E-state index contributed by atoms with van der Waals surface area (Å²) in [5.41, 5.74) is -4.04. The molecule has 14 atom stereocenters. The van der Waals surface area contributed by atoms with Gasteiger partial charge in [-0.1, -0.05) is 48.5 Å². The molecule has 0 saturated carbocycles. The van der Waals surface area contributed by atoms with Crippen LogP contribution in [0.5, 0.6) is 0 Å². The molecule has 10 heteroatoms. The van der Waals surface area contributed by atoms with E-state index in [2.05, 4.69) is 20.8 Å². The summed E-state index contributed by atoms with van der Waals surface area (Å²) >= 11 is 0. The molecule has 44 heavy (non-hydrogen) atoms. The molecule has 0 bridgehead atoms. The fourth-order valence-corrected chi connectivity index (χ4v) is 8.26. The van der Waals surface area contributed by atoms with Gasteiger partial charge in [0.1, 0.15) is 23.6 Å². The van der Waals surface area contributed by atoms with Crippen LogP contribution in [-0.2, 0) is 33.3 Å². The summed E-state index contributed by atoms with van der Waals surface area (Å²) in [7, 11) is 3.17. The van der Waals surface area contributed by atoms with E-state index in [1.807, 2.05) is 20.8 Å². The van der Waals surface area contributed by atoms with Crippen LogP contribution in [0.25, 0.3) is 0 Å². The minimum absolute atomic E-state index is 0.206. The highest BCUT2D eigenvalue weighted by atomic mass is 16.7.